The van der Waals surface area contributed by atoms with Gasteiger partial charge in [0.15, 0.2) is 0 Å². The molecule has 0 bridgehead atoms. The van der Waals surface area contributed by atoms with E-state index in [0.29, 0.717) is 32.5 Å². The van der Waals surface area contributed by atoms with E-state index in [0.717, 1.165) is 5.56 Å². The lowest BCUT2D eigenvalue weighted by molar-refractivity contribution is -0.131. The van der Waals surface area contributed by atoms with Gasteiger partial charge in [-0.3, -0.25) is 9.59 Å². The summed E-state index contributed by atoms with van der Waals surface area (Å²) in [6.07, 6.45) is 0.642. The van der Waals surface area contributed by atoms with Gasteiger partial charge >= 0.3 is 0 Å². The van der Waals surface area contributed by atoms with Gasteiger partial charge in [-0.25, -0.2) is 0 Å². The molecular weight excluding hydrogens is 314 g/mol. The molecule has 0 aromatic heterocycles. The average Bonchev–Trinajstić information content (AvgIpc) is 2.47. The number of benzene rings is 1. The van der Waals surface area contributed by atoms with Crippen LogP contribution < -0.4 is 11.1 Å². The highest BCUT2D eigenvalue weighted by Crippen LogP contribution is 2.14. The normalized spacial score (nSPS) is 10.6. The topological polar surface area (TPSA) is 75.4 Å². The molecule has 0 fully saturated rings. The fraction of sp³-hybridized carbons (Fsp3) is 0.529. The van der Waals surface area contributed by atoms with E-state index in [9.17, 15) is 9.59 Å². The molecule has 0 saturated heterocycles. The molecule has 5 nitrogen and oxygen atoms in total. The summed E-state index contributed by atoms with van der Waals surface area (Å²) in [7, 11) is 1.77. The number of nitrogens with one attached hydrogen (secondary N) is 1. The van der Waals surface area contributed by atoms with E-state index in [-0.39, 0.29) is 29.6 Å². The predicted octanol–water partition coefficient (Wildman–Crippen LogP) is 1.60. The van der Waals surface area contributed by atoms with Gasteiger partial charge in [0.1, 0.15) is 0 Å². The summed E-state index contributed by atoms with van der Waals surface area (Å²) in [5, 5.41) is 2.78. The Morgan fingerprint density at radius 3 is 2.39 bits per heavy atom. The second kappa shape index (κ2) is 10.2. The Morgan fingerprint density at radius 2 is 1.83 bits per heavy atom. The molecule has 1 rings (SSSR count). The second-order valence-electron chi connectivity index (χ2n) is 6.38. The number of nitrogens with zero attached hydrogens (tertiary/aromatic N) is 1. The molecule has 0 aliphatic carbocycles. The zero-order valence-corrected chi connectivity index (χ0v) is 15.0. The Labute approximate surface area is 145 Å². The van der Waals surface area contributed by atoms with Gasteiger partial charge in [-0.05, 0) is 17.5 Å². The first-order valence-corrected chi connectivity index (χ1v) is 7.59. The van der Waals surface area contributed by atoms with Crippen molar-refractivity contribution in [1.29, 1.82) is 0 Å². The molecule has 0 spiro atoms. The van der Waals surface area contributed by atoms with Crippen molar-refractivity contribution in [3.63, 3.8) is 0 Å². The Balaban J connectivity index is 0.00000484. The highest BCUT2D eigenvalue weighted by atomic mass is 35.5. The van der Waals surface area contributed by atoms with E-state index in [4.69, 9.17) is 5.73 Å². The molecule has 0 unspecified atom stereocenters. The van der Waals surface area contributed by atoms with E-state index in [2.05, 4.69) is 5.32 Å². The van der Waals surface area contributed by atoms with Crippen molar-refractivity contribution >= 4 is 24.2 Å². The molecule has 0 heterocycles. The molecule has 0 aliphatic rings. The number of rotatable bonds is 8. The van der Waals surface area contributed by atoms with Crippen LogP contribution in [0.4, 0.5) is 0 Å². The summed E-state index contributed by atoms with van der Waals surface area (Å²) < 4.78 is 0. The van der Waals surface area contributed by atoms with Gasteiger partial charge in [0, 0.05) is 26.6 Å². The van der Waals surface area contributed by atoms with Crippen LogP contribution in [0.2, 0.25) is 0 Å². The Morgan fingerprint density at radius 1 is 1.22 bits per heavy atom. The monoisotopic (exact) mass is 341 g/mol. The molecular formula is C17H28ClN3O2. The molecule has 0 saturated carbocycles. The van der Waals surface area contributed by atoms with Gasteiger partial charge < -0.3 is 16.0 Å². The van der Waals surface area contributed by atoms with Crippen LogP contribution in [-0.2, 0) is 16.0 Å². The van der Waals surface area contributed by atoms with Crippen molar-refractivity contribution in [2.24, 2.45) is 11.1 Å². The minimum Gasteiger partial charge on any atom is -0.355 e. The van der Waals surface area contributed by atoms with Crippen LogP contribution >= 0.6 is 12.4 Å². The zero-order valence-electron chi connectivity index (χ0n) is 14.2. The zero-order chi connectivity index (χ0) is 16.6. The molecule has 130 valence electrons. The average molecular weight is 342 g/mol. The lowest BCUT2D eigenvalue weighted by Gasteiger charge is -2.29. The van der Waals surface area contributed by atoms with Crippen LogP contribution in [0.15, 0.2) is 30.3 Å². The predicted molar refractivity (Wildman–Crippen MR) is 95.5 cm³/mol. The first-order valence-electron chi connectivity index (χ1n) is 7.59. The lowest BCUT2D eigenvalue weighted by atomic mass is 9.93. The number of carbonyl (C=O) groups is 2. The fourth-order valence-electron chi connectivity index (χ4n) is 2.14. The van der Waals surface area contributed by atoms with E-state index < -0.39 is 0 Å². The van der Waals surface area contributed by atoms with Crippen molar-refractivity contribution < 1.29 is 9.59 Å². The Kier molecular flexibility index (Phi) is 9.53. The second-order valence-corrected chi connectivity index (χ2v) is 6.38. The third-order valence-corrected chi connectivity index (χ3v) is 3.51. The lowest BCUT2D eigenvalue weighted by Crippen LogP contribution is -2.40. The number of hydrogen-bond acceptors (Lipinski definition) is 3. The largest absolute Gasteiger partial charge is 0.355 e. The maximum absolute atomic E-state index is 12.0. The number of halogens is 1. The molecule has 3 N–H and O–H groups in total. The SMILES string of the molecule is CN(CC(C)(C)CN)C(=O)CCNC(=O)Cc1ccccc1.Cl. The molecule has 1 aromatic carbocycles. The van der Waals surface area contributed by atoms with Gasteiger partial charge in [0.2, 0.25) is 11.8 Å². The third-order valence-electron chi connectivity index (χ3n) is 3.51. The molecule has 1 aromatic rings. The van der Waals surface area contributed by atoms with Crippen molar-refractivity contribution in [1.82, 2.24) is 10.2 Å². The third kappa shape index (κ3) is 8.57. The molecule has 2 amide bonds. The van der Waals surface area contributed by atoms with Crippen LogP contribution in [0, 0.1) is 5.41 Å². The van der Waals surface area contributed by atoms with Crippen LogP contribution in [-0.4, -0.2) is 43.4 Å². The maximum Gasteiger partial charge on any atom is 0.224 e. The van der Waals surface area contributed by atoms with Crippen molar-refractivity contribution in [2.45, 2.75) is 26.7 Å². The Bertz CT molecular complexity index is 492. The van der Waals surface area contributed by atoms with Crippen LogP contribution in [0.1, 0.15) is 25.8 Å². The quantitative estimate of drug-likeness (QED) is 0.754. The Hall–Kier alpha value is -1.59. The summed E-state index contributed by atoms with van der Waals surface area (Å²) in [4.78, 5) is 25.5. The highest BCUT2D eigenvalue weighted by molar-refractivity contribution is 5.85. The minimum absolute atomic E-state index is 0. The standard InChI is InChI=1S/C17H27N3O2.ClH/c1-17(2,12-18)13-20(3)16(22)9-10-19-15(21)11-14-7-5-4-6-8-14;/h4-8H,9-13,18H2,1-3H3,(H,19,21);1H. The van der Waals surface area contributed by atoms with Crippen molar-refractivity contribution in [2.75, 3.05) is 26.7 Å². The number of amides is 2. The first-order chi connectivity index (χ1) is 10.3. The smallest absolute Gasteiger partial charge is 0.224 e. The van der Waals surface area contributed by atoms with Gasteiger partial charge in [0.05, 0.1) is 6.42 Å². The van der Waals surface area contributed by atoms with Crippen molar-refractivity contribution in [3.8, 4) is 0 Å². The molecule has 0 radical (unpaired) electrons. The van der Waals surface area contributed by atoms with Gasteiger partial charge in [-0.15, -0.1) is 12.4 Å². The van der Waals surface area contributed by atoms with E-state index >= 15 is 0 Å². The van der Waals surface area contributed by atoms with Gasteiger partial charge in [-0.1, -0.05) is 44.2 Å². The number of hydrogen-bond donors (Lipinski definition) is 2. The summed E-state index contributed by atoms with van der Waals surface area (Å²) in [6, 6.07) is 9.54. The van der Waals surface area contributed by atoms with Gasteiger partial charge in [-0.2, -0.15) is 0 Å². The van der Waals surface area contributed by atoms with Gasteiger partial charge in [0.25, 0.3) is 0 Å². The minimum atomic E-state index is -0.0963. The number of carbonyl (C=O) groups excluding carboxylic acids is 2. The highest BCUT2D eigenvalue weighted by Gasteiger charge is 2.20. The molecule has 0 atom stereocenters. The van der Waals surface area contributed by atoms with E-state index in [1.165, 1.54) is 0 Å². The fourth-order valence-corrected chi connectivity index (χ4v) is 2.14. The molecule has 6 heteroatoms. The van der Waals surface area contributed by atoms with Crippen LogP contribution in [0.5, 0.6) is 0 Å². The summed E-state index contributed by atoms with van der Waals surface area (Å²) in [5.41, 5.74) is 6.54. The summed E-state index contributed by atoms with van der Waals surface area (Å²) in [5.74, 6) is -0.0505. The molecule has 0 aliphatic heterocycles. The first kappa shape index (κ1) is 21.4. The van der Waals surface area contributed by atoms with Crippen LogP contribution in [0.25, 0.3) is 0 Å². The molecule has 23 heavy (non-hydrogen) atoms. The van der Waals surface area contributed by atoms with Crippen LogP contribution in [0.3, 0.4) is 0 Å². The van der Waals surface area contributed by atoms with E-state index in [1.54, 1.807) is 11.9 Å². The summed E-state index contributed by atoms with van der Waals surface area (Å²) >= 11 is 0. The van der Waals surface area contributed by atoms with E-state index in [1.807, 2.05) is 44.2 Å². The summed E-state index contributed by atoms with van der Waals surface area (Å²) in [6.45, 7) is 5.55. The number of nitrogens with two attached hydrogens (primary N) is 1. The van der Waals surface area contributed by atoms with Crippen molar-refractivity contribution in [3.05, 3.63) is 35.9 Å². The maximum atomic E-state index is 12.0.